The first kappa shape index (κ1) is 11.3. The predicted molar refractivity (Wildman–Crippen MR) is 43.0 cm³/mol. The molecular formula is C6H12BrF2NO. The lowest BCUT2D eigenvalue weighted by atomic mass is 10.3. The Balaban J connectivity index is 3.61. The molecule has 0 radical (unpaired) electrons. The maximum atomic E-state index is 12.2. The number of rotatable bonds is 4. The van der Waals surface area contributed by atoms with Gasteiger partial charge in [0.2, 0.25) is 0 Å². The summed E-state index contributed by atoms with van der Waals surface area (Å²) in [6.45, 7) is 3.52. The van der Waals surface area contributed by atoms with E-state index in [9.17, 15) is 8.78 Å². The van der Waals surface area contributed by atoms with Gasteiger partial charge in [0.1, 0.15) is 6.10 Å². The molecule has 68 valence electrons. The lowest BCUT2D eigenvalue weighted by Crippen LogP contribution is -2.39. The highest BCUT2D eigenvalue weighted by Gasteiger charge is 2.34. The smallest absolute Gasteiger partial charge is 0.327 e. The van der Waals surface area contributed by atoms with Gasteiger partial charge in [0.05, 0.1) is 0 Å². The lowest BCUT2D eigenvalue weighted by molar-refractivity contribution is -0.0270. The fraction of sp³-hybridized carbons (Fsp3) is 1.00. The third-order valence-electron chi connectivity index (χ3n) is 1.10. The number of hydrogen-bond acceptors (Lipinski definition) is 2. The Morgan fingerprint density at radius 3 is 2.27 bits per heavy atom. The standard InChI is InChI=1S/C6H12BrF2NO/c1-4(2)10-3-5(11)6(7,8)9/h4-5,10-11H,3H2,1-2H3. The molecule has 0 heterocycles. The highest BCUT2D eigenvalue weighted by atomic mass is 79.9. The summed E-state index contributed by atoms with van der Waals surface area (Å²) in [5, 5.41) is 11.5. The van der Waals surface area contributed by atoms with Gasteiger partial charge in [0.15, 0.2) is 0 Å². The molecule has 0 fully saturated rings. The van der Waals surface area contributed by atoms with Crippen LogP contribution in [-0.4, -0.2) is 28.6 Å². The Morgan fingerprint density at radius 2 is 2.00 bits per heavy atom. The van der Waals surface area contributed by atoms with Crippen molar-refractivity contribution in [2.75, 3.05) is 6.54 Å². The van der Waals surface area contributed by atoms with Crippen molar-refractivity contribution in [3.05, 3.63) is 0 Å². The first-order valence-corrected chi connectivity index (χ1v) is 4.11. The van der Waals surface area contributed by atoms with Crippen molar-refractivity contribution in [3.8, 4) is 0 Å². The summed E-state index contributed by atoms with van der Waals surface area (Å²) >= 11 is 2.07. The summed E-state index contributed by atoms with van der Waals surface area (Å²) in [6, 6.07) is 0.0968. The van der Waals surface area contributed by atoms with Crippen LogP contribution in [-0.2, 0) is 0 Å². The van der Waals surface area contributed by atoms with Crippen LogP contribution in [0.3, 0.4) is 0 Å². The molecule has 0 aliphatic heterocycles. The van der Waals surface area contributed by atoms with Crippen molar-refractivity contribution in [1.29, 1.82) is 0 Å². The van der Waals surface area contributed by atoms with Crippen molar-refractivity contribution in [2.24, 2.45) is 0 Å². The number of hydrogen-bond donors (Lipinski definition) is 2. The van der Waals surface area contributed by atoms with Crippen LogP contribution in [0.15, 0.2) is 0 Å². The molecule has 0 aliphatic rings. The normalized spacial score (nSPS) is 15.5. The van der Waals surface area contributed by atoms with E-state index in [-0.39, 0.29) is 12.6 Å². The highest BCUT2D eigenvalue weighted by molar-refractivity contribution is 9.10. The Hall–Kier alpha value is 0.260. The number of alkyl halides is 3. The van der Waals surface area contributed by atoms with Gasteiger partial charge in [-0.15, -0.1) is 0 Å². The Morgan fingerprint density at radius 1 is 1.55 bits per heavy atom. The van der Waals surface area contributed by atoms with E-state index in [0.717, 1.165) is 0 Å². The lowest BCUT2D eigenvalue weighted by Gasteiger charge is -2.18. The van der Waals surface area contributed by atoms with Crippen molar-refractivity contribution in [2.45, 2.75) is 30.8 Å². The summed E-state index contributed by atoms with van der Waals surface area (Å²) in [5.41, 5.74) is 0. The van der Waals surface area contributed by atoms with Crippen LogP contribution >= 0.6 is 15.9 Å². The fourth-order valence-corrected chi connectivity index (χ4v) is 0.625. The number of halogens is 3. The van der Waals surface area contributed by atoms with Gasteiger partial charge in [-0.25, -0.2) is 0 Å². The average Bonchev–Trinajstić information content (AvgIpc) is 1.80. The zero-order chi connectivity index (χ0) is 9.07. The van der Waals surface area contributed by atoms with Gasteiger partial charge in [-0.2, -0.15) is 8.78 Å². The molecule has 2 N–H and O–H groups in total. The first-order valence-electron chi connectivity index (χ1n) is 3.32. The number of aliphatic hydroxyl groups is 1. The van der Waals surface area contributed by atoms with Crippen LogP contribution < -0.4 is 5.32 Å². The summed E-state index contributed by atoms with van der Waals surface area (Å²) in [4.78, 5) is -3.20. The monoisotopic (exact) mass is 231 g/mol. The molecular weight excluding hydrogens is 220 g/mol. The molecule has 0 rings (SSSR count). The largest absolute Gasteiger partial charge is 0.385 e. The summed E-state index contributed by atoms with van der Waals surface area (Å²) in [6.07, 6.45) is -1.68. The zero-order valence-corrected chi connectivity index (χ0v) is 8.03. The van der Waals surface area contributed by atoms with Crippen LogP contribution in [0.4, 0.5) is 8.78 Å². The van der Waals surface area contributed by atoms with Crippen molar-refractivity contribution in [3.63, 3.8) is 0 Å². The predicted octanol–water partition coefficient (Wildman–Crippen LogP) is 1.33. The van der Waals surface area contributed by atoms with E-state index >= 15 is 0 Å². The quantitative estimate of drug-likeness (QED) is 0.716. The third kappa shape index (κ3) is 5.52. The van der Waals surface area contributed by atoms with Gasteiger partial charge < -0.3 is 10.4 Å². The molecule has 0 aromatic carbocycles. The molecule has 2 nitrogen and oxygen atoms in total. The SMILES string of the molecule is CC(C)NCC(O)C(F)(F)Br. The maximum Gasteiger partial charge on any atom is 0.327 e. The second-order valence-corrected chi connectivity index (χ2v) is 3.68. The fourth-order valence-electron chi connectivity index (χ4n) is 0.463. The molecule has 0 saturated carbocycles. The minimum atomic E-state index is -3.20. The zero-order valence-electron chi connectivity index (χ0n) is 6.44. The Kier molecular flexibility index (Phi) is 4.43. The van der Waals surface area contributed by atoms with Crippen LogP contribution in [0, 0.1) is 0 Å². The number of aliphatic hydroxyl groups excluding tert-OH is 1. The van der Waals surface area contributed by atoms with Crippen LogP contribution in [0.5, 0.6) is 0 Å². The summed E-state index contributed by atoms with van der Waals surface area (Å²) < 4.78 is 24.4. The molecule has 0 spiro atoms. The molecule has 11 heavy (non-hydrogen) atoms. The van der Waals surface area contributed by atoms with Crippen LogP contribution in [0.2, 0.25) is 0 Å². The molecule has 0 aliphatic carbocycles. The van der Waals surface area contributed by atoms with Gasteiger partial charge in [0, 0.05) is 12.6 Å². The van der Waals surface area contributed by atoms with E-state index in [0.29, 0.717) is 0 Å². The minimum Gasteiger partial charge on any atom is -0.385 e. The van der Waals surface area contributed by atoms with E-state index in [1.807, 2.05) is 13.8 Å². The topological polar surface area (TPSA) is 32.3 Å². The van der Waals surface area contributed by atoms with Gasteiger partial charge in [-0.05, 0) is 15.9 Å². The Bertz CT molecular complexity index is 116. The number of nitrogens with one attached hydrogen (secondary N) is 1. The molecule has 5 heteroatoms. The van der Waals surface area contributed by atoms with Gasteiger partial charge in [-0.1, -0.05) is 13.8 Å². The highest BCUT2D eigenvalue weighted by Crippen LogP contribution is 2.25. The Labute approximate surface area is 73.1 Å². The molecule has 1 atom stereocenters. The molecule has 0 amide bonds. The minimum absolute atomic E-state index is 0.0968. The first-order chi connectivity index (χ1) is 4.84. The van der Waals surface area contributed by atoms with Crippen molar-refractivity contribution < 1.29 is 13.9 Å². The van der Waals surface area contributed by atoms with Crippen LogP contribution in [0.25, 0.3) is 0 Å². The molecule has 0 aromatic rings. The van der Waals surface area contributed by atoms with Gasteiger partial charge in [0.25, 0.3) is 0 Å². The molecule has 0 aromatic heterocycles. The molecule has 0 saturated heterocycles. The van der Waals surface area contributed by atoms with E-state index in [1.165, 1.54) is 0 Å². The van der Waals surface area contributed by atoms with E-state index in [4.69, 9.17) is 5.11 Å². The third-order valence-corrected chi connectivity index (χ3v) is 1.63. The van der Waals surface area contributed by atoms with Gasteiger partial charge in [-0.3, -0.25) is 0 Å². The van der Waals surface area contributed by atoms with Crippen molar-refractivity contribution >= 4 is 15.9 Å². The molecule has 0 bridgehead atoms. The second kappa shape index (κ2) is 4.33. The molecule has 1 unspecified atom stereocenters. The van der Waals surface area contributed by atoms with Gasteiger partial charge >= 0.3 is 4.83 Å². The summed E-state index contributed by atoms with van der Waals surface area (Å²) in [5.74, 6) is 0. The van der Waals surface area contributed by atoms with E-state index < -0.39 is 10.9 Å². The van der Waals surface area contributed by atoms with Crippen LogP contribution in [0.1, 0.15) is 13.8 Å². The second-order valence-electron chi connectivity index (χ2n) is 2.62. The van der Waals surface area contributed by atoms with E-state index in [1.54, 1.807) is 0 Å². The average molecular weight is 232 g/mol. The maximum absolute atomic E-state index is 12.2. The van der Waals surface area contributed by atoms with E-state index in [2.05, 4.69) is 21.2 Å². The summed E-state index contributed by atoms with van der Waals surface area (Å²) in [7, 11) is 0. The van der Waals surface area contributed by atoms with Crippen molar-refractivity contribution in [1.82, 2.24) is 5.32 Å².